The lowest BCUT2D eigenvalue weighted by Gasteiger charge is -2.06. The summed E-state index contributed by atoms with van der Waals surface area (Å²) in [7, 11) is 0. The van der Waals surface area contributed by atoms with E-state index in [1.165, 1.54) is 30.5 Å². The monoisotopic (exact) mass is 259 g/mol. The van der Waals surface area contributed by atoms with Crippen LogP contribution < -0.4 is 10.9 Å². The number of hydrogen-bond donors (Lipinski definition) is 3. The fourth-order valence-corrected chi connectivity index (χ4v) is 1.48. The summed E-state index contributed by atoms with van der Waals surface area (Å²) in [4.78, 5) is 40.0. The van der Waals surface area contributed by atoms with Gasteiger partial charge < -0.3 is 5.11 Å². The molecular formula is C12H9N3O4. The van der Waals surface area contributed by atoms with E-state index >= 15 is 0 Å². The topological polar surface area (TPSA) is 112 Å². The highest BCUT2D eigenvalue weighted by Gasteiger charge is 2.16. The number of carbonyl (C=O) groups excluding carboxylic acids is 1. The third-order valence-corrected chi connectivity index (χ3v) is 2.31. The van der Waals surface area contributed by atoms with E-state index in [1.807, 2.05) is 0 Å². The van der Waals surface area contributed by atoms with Crippen molar-refractivity contribution in [1.29, 1.82) is 0 Å². The van der Waals surface area contributed by atoms with E-state index in [2.05, 4.69) is 15.3 Å². The van der Waals surface area contributed by atoms with E-state index in [9.17, 15) is 14.4 Å². The molecular weight excluding hydrogens is 250 g/mol. The first-order valence-electron chi connectivity index (χ1n) is 5.27. The van der Waals surface area contributed by atoms with Crippen molar-refractivity contribution in [3.8, 4) is 0 Å². The van der Waals surface area contributed by atoms with Crippen LogP contribution in [0.1, 0.15) is 20.7 Å². The number of carboxylic acid groups (broad SMARTS) is 1. The van der Waals surface area contributed by atoms with E-state index in [1.54, 1.807) is 6.07 Å². The summed E-state index contributed by atoms with van der Waals surface area (Å²) in [5.41, 5.74) is -0.559. The molecule has 1 aromatic carbocycles. The van der Waals surface area contributed by atoms with Crippen molar-refractivity contribution in [3.63, 3.8) is 0 Å². The van der Waals surface area contributed by atoms with Crippen molar-refractivity contribution >= 4 is 17.8 Å². The van der Waals surface area contributed by atoms with Gasteiger partial charge in [-0.25, -0.2) is 9.78 Å². The van der Waals surface area contributed by atoms with Crippen LogP contribution in [-0.2, 0) is 0 Å². The number of aromatic carboxylic acids is 1. The molecule has 0 unspecified atom stereocenters. The molecule has 0 bridgehead atoms. The number of nitrogens with zero attached hydrogens (tertiary/aromatic N) is 1. The van der Waals surface area contributed by atoms with Gasteiger partial charge in [0.15, 0.2) is 0 Å². The van der Waals surface area contributed by atoms with Crippen molar-refractivity contribution in [2.45, 2.75) is 0 Å². The number of amides is 1. The Morgan fingerprint density at radius 1 is 1.16 bits per heavy atom. The van der Waals surface area contributed by atoms with Crippen LogP contribution in [0.25, 0.3) is 0 Å². The molecule has 0 aliphatic rings. The Hall–Kier alpha value is -2.96. The molecule has 96 valence electrons. The van der Waals surface area contributed by atoms with Crippen LogP contribution in [-0.4, -0.2) is 27.0 Å². The van der Waals surface area contributed by atoms with Crippen LogP contribution in [0, 0.1) is 0 Å². The van der Waals surface area contributed by atoms with Crippen LogP contribution >= 0.6 is 0 Å². The number of aromatic nitrogens is 2. The van der Waals surface area contributed by atoms with E-state index < -0.39 is 17.4 Å². The molecule has 1 aromatic heterocycles. The van der Waals surface area contributed by atoms with Gasteiger partial charge in [-0.15, -0.1) is 0 Å². The summed E-state index contributed by atoms with van der Waals surface area (Å²) in [5.74, 6) is -1.91. The van der Waals surface area contributed by atoms with Crippen molar-refractivity contribution in [2.24, 2.45) is 0 Å². The molecule has 7 nitrogen and oxygen atoms in total. The molecule has 1 heterocycles. The number of carboxylic acids is 1. The first kappa shape index (κ1) is 12.5. The second kappa shape index (κ2) is 5.13. The largest absolute Gasteiger partial charge is 0.478 e. The molecule has 2 aromatic rings. The molecule has 0 atom stereocenters. The molecule has 0 radical (unpaired) electrons. The number of rotatable bonds is 3. The standard InChI is InChI=1S/C12H9N3O4/c16-9-5-6-13-12(14-9)15-10(17)7-3-1-2-4-8(7)11(18)19/h1-6H,(H,18,19)(H2,13,14,15,16,17). The van der Waals surface area contributed by atoms with Crippen LogP contribution in [0.15, 0.2) is 41.3 Å². The zero-order valence-electron chi connectivity index (χ0n) is 9.58. The molecule has 0 spiro atoms. The number of hydrogen-bond acceptors (Lipinski definition) is 4. The Bertz CT molecular complexity index is 693. The Balaban J connectivity index is 2.30. The molecule has 0 aliphatic heterocycles. The zero-order chi connectivity index (χ0) is 13.8. The first-order chi connectivity index (χ1) is 9.08. The fourth-order valence-electron chi connectivity index (χ4n) is 1.48. The van der Waals surface area contributed by atoms with Gasteiger partial charge in [-0.3, -0.25) is 19.9 Å². The lowest BCUT2D eigenvalue weighted by Crippen LogP contribution is -2.19. The minimum Gasteiger partial charge on any atom is -0.478 e. The number of H-pyrrole nitrogens is 1. The highest BCUT2D eigenvalue weighted by Crippen LogP contribution is 2.10. The van der Waals surface area contributed by atoms with Gasteiger partial charge in [0.1, 0.15) is 0 Å². The SMILES string of the molecule is O=C(O)c1ccccc1C(=O)Nc1nccc(=O)[nH]1. The van der Waals surface area contributed by atoms with Crippen LogP contribution in [0.4, 0.5) is 5.95 Å². The third kappa shape index (κ3) is 2.83. The van der Waals surface area contributed by atoms with Gasteiger partial charge in [0.05, 0.1) is 11.1 Å². The number of carbonyl (C=O) groups is 2. The fraction of sp³-hybridized carbons (Fsp3) is 0. The van der Waals surface area contributed by atoms with Crippen molar-refractivity contribution in [2.75, 3.05) is 5.32 Å². The minimum atomic E-state index is -1.21. The number of benzene rings is 1. The summed E-state index contributed by atoms with van der Waals surface area (Å²) >= 11 is 0. The smallest absolute Gasteiger partial charge is 0.336 e. The van der Waals surface area contributed by atoms with Gasteiger partial charge in [-0.05, 0) is 12.1 Å². The molecule has 0 saturated carbocycles. The van der Waals surface area contributed by atoms with E-state index in [0.717, 1.165) is 0 Å². The Morgan fingerprint density at radius 3 is 2.47 bits per heavy atom. The Labute approximate surface area is 106 Å². The van der Waals surface area contributed by atoms with Crippen molar-refractivity contribution in [3.05, 3.63) is 58.0 Å². The molecule has 0 saturated heterocycles. The second-order valence-corrected chi connectivity index (χ2v) is 3.59. The molecule has 7 heteroatoms. The van der Waals surface area contributed by atoms with Gasteiger partial charge in [0.2, 0.25) is 5.95 Å². The predicted octanol–water partition coefficient (Wildman–Crippen LogP) is 0.720. The number of nitrogens with one attached hydrogen (secondary N) is 2. The maximum Gasteiger partial charge on any atom is 0.336 e. The Kier molecular flexibility index (Phi) is 3.37. The third-order valence-electron chi connectivity index (χ3n) is 2.31. The minimum absolute atomic E-state index is 0.0125. The number of anilines is 1. The summed E-state index contributed by atoms with van der Waals surface area (Å²) in [6.07, 6.45) is 1.23. The van der Waals surface area contributed by atoms with Gasteiger partial charge in [0, 0.05) is 12.3 Å². The highest BCUT2D eigenvalue weighted by atomic mass is 16.4. The first-order valence-corrected chi connectivity index (χ1v) is 5.27. The highest BCUT2D eigenvalue weighted by molar-refractivity contribution is 6.10. The molecule has 0 aliphatic carbocycles. The predicted molar refractivity (Wildman–Crippen MR) is 66.2 cm³/mol. The van der Waals surface area contributed by atoms with Crippen LogP contribution in [0.2, 0.25) is 0 Å². The van der Waals surface area contributed by atoms with Crippen molar-refractivity contribution in [1.82, 2.24) is 9.97 Å². The maximum absolute atomic E-state index is 11.9. The quantitative estimate of drug-likeness (QED) is 0.751. The molecule has 0 fully saturated rings. The number of aromatic amines is 1. The average molecular weight is 259 g/mol. The van der Waals surface area contributed by atoms with Gasteiger partial charge in [-0.1, -0.05) is 12.1 Å². The van der Waals surface area contributed by atoms with E-state index in [-0.39, 0.29) is 17.1 Å². The van der Waals surface area contributed by atoms with Gasteiger partial charge in [-0.2, -0.15) is 0 Å². The summed E-state index contributed by atoms with van der Waals surface area (Å²) < 4.78 is 0. The summed E-state index contributed by atoms with van der Waals surface area (Å²) in [5, 5.41) is 11.3. The van der Waals surface area contributed by atoms with Crippen LogP contribution in [0.3, 0.4) is 0 Å². The van der Waals surface area contributed by atoms with Gasteiger partial charge >= 0.3 is 5.97 Å². The van der Waals surface area contributed by atoms with E-state index in [4.69, 9.17) is 5.11 Å². The molecule has 1 amide bonds. The lowest BCUT2D eigenvalue weighted by molar-refractivity contribution is 0.0692. The van der Waals surface area contributed by atoms with Gasteiger partial charge in [0.25, 0.3) is 11.5 Å². The lowest BCUT2D eigenvalue weighted by atomic mass is 10.1. The second-order valence-electron chi connectivity index (χ2n) is 3.59. The molecule has 2 rings (SSSR count). The van der Waals surface area contributed by atoms with Crippen LogP contribution in [0.5, 0.6) is 0 Å². The normalized spacial score (nSPS) is 9.89. The van der Waals surface area contributed by atoms with E-state index in [0.29, 0.717) is 0 Å². The summed E-state index contributed by atoms with van der Waals surface area (Å²) in [6.45, 7) is 0. The zero-order valence-corrected chi connectivity index (χ0v) is 9.58. The summed E-state index contributed by atoms with van der Waals surface area (Å²) in [6, 6.07) is 6.95. The maximum atomic E-state index is 11.9. The molecule has 19 heavy (non-hydrogen) atoms. The Morgan fingerprint density at radius 2 is 1.84 bits per heavy atom. The molecule has 3 N–H and O–H groups in total. The van der Waals surface area contributed by atoms with Crippen molar-refractivity contribution < 1.29 is 14.7 Å². The average Bonchev–Trinajstić information content (AvgIpc) is 2.38.